The molecular weight excluding hydrogens is 440 g/mol. The number of aromatic nitrogens is 3. The number of rotatable bonds is 3. The summed E-state index contributed by atoms with van der Waals surface area (Å²) in [6.07, 6.45) is 0. The zero-order valence-corrected chi connectivity index (χ0v) is 18.6. The number of aryl methyl sites for hydroxylation is 1. The molecule has 5 aromatic rings. The summed E-state index contributed by atoms with van der Waals surface area (Å²) in [5.41, 5.74) is 3.89. The van der Waals surface area contributed by atoms with Crippen LogP contribution in [0.1, 0.15) is 16.7 Å². The Hall–Kier alpha value is -3.62. The first-order valence-electron chi connectivity index (χ1n) is 10.0. The SMILES string of the molecule is Cc1ccc(CN2C(=O)/C(=c3\sc4nc(-c5cccs5)nn4c3=O)c3ccccc32)cc1. The van der Waals surface area contributed by atoms with E-state index in [1.54, 1.807) is 4.90 Å². The quantitative estimate of drug-likeness (QED) is 0.416. The number of thiophene rings is 1. The van der Waals surface area contributed by atoms with E-state index in [1.807, 2.05) is 73.0 Å². The van der Waals surface area contributed by atoms with Crippen molar-refractivity contribution < 1.29 is 4.79 Å². The molecule has 2 aromatic carbocycles. The van der Waals surface area contributed by atoms with E-state index in [2.05, 4.69) is 10.1 Å². The fraction of sp³-hybridized carbons (Fsp3) is 0.0833. The fourth-order valence-corrected chi connectivity index (χ4v) is 5.58. The average Bonchev–Trinajstić information content (AvgIpc) is 3.56. The summed E-state index contributed by atoms with van der Waals surface area (Å²) in [6.45, 7) is 2.48. The summed E-state index contributed by atoms with van der Waals surface area (Å²) in [6, 6.07) is 19.6. The molecule has 1 aliphatic heterocycles. The van der Waals surface area contributed by atoms with Gasteiger partial charge in [-0.15, -0.1) is 16.4 Å². The first-order chi connectivity index (χ1) is 15.6. The molecule has 32 heavy (non-hydrogen) atoms. The summed E-state index contributed by atoms with van der Waals surface area (Å²) >= 11 is 2.74. The summed E-state index contributed by atoms with van der Waals surface area (Å²) < 4.78 is 1.68. The van der Waals surface area contributed by atoms with Gasteiger partial charge in [0.1, 0.15) is 4.53 Å². The largest absolute Gasteiger partial charge is 0.303 e. The van der Waals surface area contributed by atoms with Gasteiger partial charge in [0.25, 0.3) is 11.5 Å². The van der Waals surface area contributed by atoms with Crippen LogP contribution in [-0.2, 0) is 11.3 Å². The fourth-order valence-electron chi connectivity index (χ4n) is 3.93. The normalized spacial score (nSPS) is 15.0. The van der Waals surface area contributed by atoms with Crippen LogP contribution in [0.2, 0.25) is 0 Å². The summed E-state index contributed by atoms with van der Waals surface area (Å²) in [5.74, 6) is 0.353. The second-order valence-corrected chi connectivity index (χ2v) is 9.54. The molecule has 6 nitrogen and oxygen atoms in total. The lowest BCUT2D eigenvalue weighted by atomic mass is 10.1. The molecule has 0 radical (unpaired) electrons. The number of benzene rings is 2. The van der Waals surface area contributed by atoms with Crippen molar-refractivity contribution in [1.29, 1.82) is 0 Å². The summed E-state index contributed by atoms with van der Waals surface area (Å²) in [4.78, 5) is 34.4. The van der Waals surface area contributed by atoms with Crippen LogP contribution < -0.4 is 15.0 Å². The number of thiazole rings is 1. The van der Waals surface area contributed by atoms with Gasteiger partial charge in [0.15, 0.2) is 5.82 Å². The summed E-state index contributed by atoms with van der Waals surface area (Å²) in [5, 5.41) is 6.34. The van der Waals surface area contributed by atoms with Crippen molar-refractivity contribution in [3.05, 3.63) is 97.6 Å². The molecule has 0 saturated carbocycles. The molecule has 4 heterocycles. The van der Waals surface area contributed by atoms with Gasteiger partial charge in [-0.3, -0.25) is 9.59 Å². The van der Waals surface area contributed by atoms with Gasteiger partial charge in [0.2, 0.25) is 4.96 Å². The predicted molar refractivity (Wildman–Crippen MR) is 127 cm³/mol. The number of carbonyl (C=O) groups excluding carboxylic acids is 1. The van der Waals surface area contributed by atoms with Crippen LogP contribution in [0.4, 0.5) is 5.69 Å². The Morgan fingerprint density at radius 1 is 0.969 bits per heavy atom. The van der Waals surface area contributed by atoms with E-state index < -0.39 is 0 Å². The average molecular weight is 457 g/mol. The Balaban J connectivity index is 1.50. The molecule has 8 heteroatoms. The molecule has 0 fully saturated rings. The zero-order valence-electron chi connectivity index (χ0n) is 17.0. The van der Waals surface area contributed by atoms with Crippen molar-refractivity contribution in [2.45, 2.75) is 13.5 Å². The second kappa shape index (κ2) is 7.22. The van der Waals surface area contributed by atoms with E-state index in [4.69, 9.17) is 0 Å². The van der Waals surface area contributed by atoms with Gasteiger partial charge in [-0.25, -0.2) is 0 Å². The van der Waals surface area contributed by atoms with Crippen LogP contribution >= 0.6 is 22.7 Å². The topological polar surface area (TPSA) is 67.6 Å². The maximum absolute atomic E-state index is 13.5. The van der Waals surface area contributed by atoms with Crippen molar-refractivity contribution in [3.63, 3.8) is 0 Å². The highest BCUT2D eigenvalue weighted by molar-refractivity contribution is 7.15. The highest BCUT2D eigenvalue weighted by atomic mass is 32.1. The number of carbonyl (C=O) groups is 1. The third kappa shape index (κ3) is 2.91. The van der Waals surface area contributed by atoms with Gasteiger partial charge >= 0.3 is 0 Å². The third-order valence-corrected chi connectivity index (χ3v) is 7.41. The molecule has 156 valence electrons. The van der Waals surface area contributed by atoms with Crippen molar-refractivity contribution in [1.82, 2.24) is 14.6 Å². The molecule has 0 spiro atoms. The van der Waals surface area contributed by atoms with Crippen LogP contribution in [0.25, 0.3) is 21.2 Å². The maximum atomic E-state index is 13.5. The van der Waals surface area contributed by atoms with E-state index in [-0.39, 0.29) is 11.5 Å². The minimum Gasteiger partial charge on any atom is -0.303 e. The van der Waals surface area contributed by atoms with Gasteiger partial charge in [-0.1, -0.05) is 65.4 Å². The van der Waals surface area contributed by atoms with Crippen LogP contribution in [-0.4, -0.2) is 20.5 Å². The van der Waals surface area contributed by atoms with Crippen molar-refractivity contribution in [2.75, 3.05) is 4.90 Å². The van der Waals surface area contributed by atoms with Gasteiger partial charge in [-0.05, 0) is 30.0 Å². The van der Waals surface area contributed by atoms with Crippen molar-refractivity contribution in [2.24, 2.45) is 0 Å². The molecule has 0 N–H and O–H groups in total. The molecule has 1 aliphatic rings. The predicted octanol–water partition coefficient (Wildman–Crippen LogP) is 3.65. The summed E-state index contributed by atoms with van der Waals surface area (Å²) in [7, 11) is 0. The number of hydrogen-bond donors (Lipinski definition) is 0. The molecule has 0 bridgehead atoms. The van der Waals surface area contributed by atoms with Gasteiger partial charge < -0.3 is 4.90 Å². The molecule has 0 aliphatic carbocycles. The minimum absolute atomic E-state index is 0.174. The number of fused-ring (bicyclic) bond motifs is 2. The van der Waals surface area contributed by atoms with E-state index in [9.17, 15) is 9.59 Å². The third-order valence-electron chi connectivity index (χ3n) is 5.51. The van der Waals surface area contributed by atoms with Crippen LogP contribution in [0.3, 0.4) is 0 Å². The van der Waals surface area contributed by atoms with Crippen molar-refractivity contribution in [3.8, 4) is 10.7 Å². The molecular formula is C24H16N4O2S2. The first-order valence-corrected chi connectivity index (χ1v) is 11.7. The Labute approximate surface area is 190 Å². The maximum Gasteiger partial charge on any atom is 0.291 e. The zero-order chi connectivity index (χ0) is 21.8. The van der Waals surface area contributed by atoms with E-state index in [0.29, 0.717) is 27.4 Å². The van der Waals surface area contributed by atoms with E-state index >= 15 is 0 Å². The van der Waals surface area contributed by atoms with E-state index in [0.717, 1.165) is 21.7 Å². The first kappa shape index (κ1) is 19.1. The van der Waals surface area contributed by atoms with Gasteiger partial charge in [-0.2, -0.15) is 9.50 Å². The lowest BCUT2D eigenvalue weighted by Gasteiger charge is -2.17. The van der Waals surface area contributed by atoms with E-state index in [1.165, 1.54) is 32.8 Å². The van der Waals surface area contributed by atoms with Crippen LogP contribution in [0.5, 0.6) is 0 Å². The monoisotopic (exact) mass is 456 g/mol. The molecule has 6 rings (SSSR count). The number of hydrogen-bond acceptors (Lipinski definition) is 6. The highest BCUT2D eigenvalue weighted by Gasteiger charge is 2.34. The lowest BCUT2D eigenvalue weighted by molar-refractivity contribution is -0.113. The lowest BCUT2D eigenvalue weighted by Crippen LogP contribution is -2.32. The molecule has 0 saturated heterocycles. The molecule has 0 atom stereocenters. The smallest absolute Gasteiger partial charge is 0.291 e. The molecule has 3 aromatic heterocycles. The number of para-hydroxylation sites is 1. The Morgan fingerprint density at radius 3 is 2.53 bits per heavy atom. The number of anilines is 1. The van der Waals surface area contributed by atoms with Crippen LogP contribution in [0, 0.1) is 6.92 Å². The Morgan fingerprint density at radius 2 is 1.78 bits per heavy atom. The Kier molecular flexibility index (Phi) is 4.31. The van der Waals surface area contributed by atoms with Crippen molar-refractivity contribution >= 4 is 44.8 Å². The number of nitrogens with zero attached hydrogens (tertiary/aromatic N) is 4. The Bertz CT molecular complexity index is 1600. The highest BCUT2D eigenvalue weighted by Crippen LogP contribution is 2.36. The van der Waals surface area contributed by atoms with Gasteiger partial charge in [0.05, 0.1) is 22.7 Å². The van der Waals surface area contributed by atoms with Gasteiger partial charge in [0, 0.05) is 5.56 Å². The molecule has 0 unspecified atom stereocenters. The number of amides is 1. The molecule has 1 amide bonds. The minimum atomic E-state index is -0.310. The standard InChI is InChI=1S/C24H16N4O2S2/c1-14-8-10-15(11-9-14)13-27-17-6-3-2-5-16(17)19(22(27)29)20-23(30)28-24(32-20)25-21(26-28)18-7-4-12-31-18/h2-12H,13H2,1H3/b20-19-. The second-order valence-electron chi connectivity index (χ2n) is 7.61. The van der Waals surface area contributed by atoms with Crippen LogP contribution in [0.15, 0.2) is 70.8 Å².